The zero-order valence-electron chi connectivity index (χ0n) is 17.3. The van der Waals surface area contributed by atoms with E-state index in [1.165, 1.54) is 30.9 Å². The predicted octanol–water partition coefficient (Wildman–Crippen LogP) is 4.33. The monoisotopic (exact) mass is 419 g/mol. The summed E-state index contributed by atoms with van der Waals surface area (Å²) in [5.41, 5.74) is 0.649. The first-order valence-corrected chi connectivity index (χ1v) is 9.65. The molecule has 2 aromatic rings. The minimum absolute atomic E-state index is 0.159. The van der Waals surface area contributed by atoms with Gasteiger partial charge in [0.2, 0.25) is 0 Å². The molecule has 6 nitrogen and oxygen atoms in total. The van der Waals surface area contributed by atoms with E-state index in [-0.39, 0.29) is 16.9 Å². The summed E-state index contributed by atoms with van der Waals surface area (Å²) >= 11 is 6.11. The Balaban J connectivity index is 2.49. The van der Waals surface area contributed by atoms with Crippen LogP contribution < -0.4 is 10.3 Å². The summed E-state index contributed by atoms with van der Waals surface area (Å²) in [5, 5.41) is 0.432. The molecule has 0 aliphatic heterocycles. The Hall–Kier alpha value is -2.44. The first kappa shape index (κ1) is 22.8. The molecular weight excluding hydrogens is 394 g/mol. The second-order valence-corrected chi connectivity index (χ2v) is 8.14. The highest BCUT2D eigenvalue weighted by atomic mass is 35.5. The van der Waals surface area contributed by atoms with Crippen molar-refractivity contribution in [2.45, 2.75) is 45.8 Å². The van der Waals surface area contributed by atoms with Crippen molar-refractivity contribution in [3.05, 3.63) is 51.4 Å². The van der Waals surface area contributed by atoms with Crippen LogP contribution in [0.2, 0.25) is 5.02 Å². The molecule has 0 fully saturated rings. The van der Waals surface area contributed by atoms with Gasteiger partial charge in [0.1, 0.15) is 12.0 Å². The summed E-state index contributed by atoms with van der Waals surface area (Å²) in [5.74, 6) is 0.200. The molecule has 0 saturated heterocycles. The maximum absolute atomic E-state index is 12.8. The maximum Gasteiger partial charge on any atom is 0.252 e. The number of nitrogens with zero attached hydrogens (tertiary/aromatic N) is 1. The lowest BCUT2D eigenvalue weighted by atomic mass is 9.97. The first-order valence-electron chi connectivity index (χ1n) is 9.27. The molecule has 7 heteroatoms. The quantitative estimate of drug-likeness (QED) is 0.470. The molecule has 0 bridgehead atoms. The van der Waals surface area contributed by atoms with Gasteiger partial charge in [0.25, 0.3) is 5.56 Å². The number of carbonyl (C=O) groups excluding carboxylic acids is 2. The molecule has 2 rings (SSSR count). The molecule has 29 heavy (non-hydrogen) atoms. The SMILES string of the molecule is COc1cn(C(C=O)CCOC(C)(C)C)c(=O)cc1-c1cc(Cl)ccc1C(C)=O. The highest BCUT2D eigenvalue weighted by Crippen LogP contribution is 2.33. The number of aromatic nitrogens is 1. The van der Waals surface area contributed by atoms with Gasteiger partial charge in [-0.15, -0.1) is 0 Å². The number of carbonyl (C=O) groups is 2. The zero-order chi connectivity index (χ0) is 21.8. The third-order valence-corrected chi connectivity index (χ3v) is 4.61. The smallest absolute Gasteiger partial charge is 0.252 e. The number of aldehydes is 1. The molecule has 0 N–H and O–H groups in total. The van der Waals surface area contributed by atoms with E-state index in [4.69, 9.17) is 21.1 Å². The number of ketones is 1. The number of Topliss-reactive ketones (excluding diaryl/α,β-unsaturated/α-hetero) is 1. The van der Waals surface area contributed by atoms with Crippen molar-refractivity contribution in [2.24, 2.45) is 0 Å². The van der Waals surface area contributed by atoms with Gasteiger partial charge in [-0.05, 0) is 57.9 Å². The fraction of sp³-hybridized carbons (Fsp3) is 0.409. The van der Waals surface area contributed by atoms with Crippen molar-refractivity contribution in [3.8, 4) is 16.9 Å². The van der Waals surface area contributed by atoms with Gasteiger partial charge in [-0.3, -0.25) is 9.59 Å². The lowest BCUT2D eigenvalue weighted by Crippen LogP contribution is -2.28. The molecule has 1 unspecified atom stereocenters. The van der Waals surface area contributed by atoms with E-state index in [9.17, 15) is 14.4 Å². The van der Waals surface area contributed by atoms with E-state index in [0.717, 1.165) is 0 Å². The van der Waals surface area contributed by atoms with Crippen LogP contribution in [0.15, 0.2) is 35.3 Å². The predicted molar refractivity (Wildman–Crippen MR) is 113 cm³/mol. The minimum atomic E-state index is -0.695. The Morgan fingerprint density at radius 3 is 2.48 bits per heavy atom. The number of hydrogen-bond acceptors (Lipinski definition) is 5. The van der Waals surface area contributed by atoms with Crippen molar-refractivity contribution < 1.29 is 19.1 Å². The van der Waals surface area contributed by atoms with E-state index in [0.29, 0.717) is 46.8 Å². The van der Waals surface area contributed by atoms with Crippen LogP contribution >= 0.6 is 11.6 Å². The molecule has 1 aromatic heterocycles. The van der Waals surface area contributed by atoms with E-state index >= 15 is 0 Å². The number of rotatable bonds is 8. The largest absolute Gasteiger partial charge is 0.495 e. The molecule has 156 valence electrons. The van der Waals surface area contributed by atoms with Crippen LogP contribution in [-0.2, 0) is 9.53 Å². The zero-order valence-corrected chi connectivity index (χ0v) is 18.1. The summed E-state index contributed by atoms with van der Waals surface area (Å²) < 4.78 is 12.5. The summed E-state index contributed by atoms with van der Waals surface area (Å²) in [6.45, 7) is 7.53. The van der Waals surface area contributed by atoms with Crippen LogP contribution in [-0.4, -0.2) is 36.0 Å². The normalized spacial score (nSPS) is 12.5. The lowest BCUT2D eigenvalue weighted by Gasteiger charge is -2.22. The fourth-order valence-electron chi connectivity index (χ4n) is 2.97. The Morgan fingerprint density at radius 2 is 1.93 bits per heavy atom. The molecule has 0 aliphatic carbocycles. The number of hydrogen-bond donors (Lipinski definition) is 0. The standard InChI is InChI=1S/C22H26ClNO5/c1-14(26)17-7-6-15(23)10-18(17)19-11-21(27)24(12-20(19)28-5)16(13-25)8-9-29-22(2,3)4/h6-7,10-13,16H,8-9H2,1-5H3. The van der Waals surface area contributed by atoms with Crippen molar-refractivity contribution >= 4 is 23.7 Å². The number of benzene rings is 1. The second kappa shape index (κ2) is 9.37. The van der Waals surface area contributed by atoms with Gasteiger partial charge in [0.05, 0.1) is 24.9 Å². The molecular formula is C22H26ClNO5. The Bertz CT molecular complexity index is 959. The number of methoxy groups -OCH3 is 1. The van der Waals surface area contributed by atoms with Crippen LogP contribution in [0.3, 0.4) is 0 Å². The molecule has 0 aliphatic rings. The van der Waals surface area contributed by atoms with Crippen molar-refractivity contribution in [1.29, 1.82) is 0 Å². The summed E-state index contributed by atoms with van der Waals surface area (Å²) in [6.07, 6.45) is 2.55. The summed E-state index contributed by atoms with van der Waals surface area (Å²) in [6, 6.07) is 5.52. The number of ether oxygens (including phenoxy) is 2. The minimum Gasteiger partial charge on any atom is -0.495 e. The molecule has 1 aromatic carbocycles. The topological polar surface area (TPSA) is 74.6 Å². The number of pyridine rings is 1. The molecule has 0 spiro atoms. The van der Waals surface area contributed by atoms with Gasteiger partial charge in [-0.1, -0.05) is 11.6 Å². The Labute approximate surface area is 175 Å². The molecule has 0 saturated carbocycles. The van der Waals surface area contributed by atoms with Crippen LogP contribution in [0.25, 0.3) is 11.1 Å². The fourth-order valence-corrected chi connectivity index (χ4v) is 3.14. The van der Waals surface area contributed by atoms with Gasteiger partial charge in [0, 0.05) is 28.8 Å². The molecule has 1 atom stereocenters. The van der Waals surface area contributed by atoms with Gasteiger partial charge in [0.15, 0.2) is 5.78 Å². The van der Waals surface area contributed by atoms with Gasteiger partial charge >= 0.3 is 0 Å². The van der Waals surface area contributed by atoms with Crippen LogP contribution in [0, 0.1) is 0 Å². The molecule has 0 radical (unpaired) electrons. The first-order chi connectivity index (χ1) is 13.6. The average molecular weight is 420 g/mol. The summed E-state index contributed by atoms with van der Waals surface area (Å²) in [7, 11) is 1.46. The molecule has 0 amide bonds. The van der Waals surface area contributed by atoms with Crippen LogP contribution in [0.4, 0.5) is 0 Å². The highest BCUT2D eigenvalue weighted by Gasteiger charge is 2.20. The summed E-state index contributed by atoms with van der Waals surface area (Å²) in [4.78, 5) is 36.5. The van der Waals surface area contributed by atoms with Crippen molar-refractivity contribution in [3.63, 3.8) is 0 Å². The van der Waals surface area contributed by atoms with Crippen molar-refractivity contribution in [1.82, 2.24) is 4.57 Å². The number of halogens is 1. The van der Waals surface area contributed by atoms with E-state index in [1.54, 1.807) is 18.2 Å². The van der Waals surface area contributed by atoms with Gasteiger partial charge < -0.3 is 18.8 Å². The van der Waals surface area contributed by atoms with Crippen LogP contribution in [0.5, 0.6) is 5.75 Å². The van der Waals surface area contributed by atoms with E-state index in [2.05, 4.69) is 0 Å². The highest BCUT2D eigenvalue weighted by molar-refractivity contribution is 6.31. The Kier molecular flexibility index (Phi) is 7.38. The van der Waals surface area contributed by atoms with Crippen molar-refractivity contribution in [2.75, 3.05) is 13.7 Å². The Morgan fingerprint density at radius 1 is 1.24 bits per heavy atom. The van der Waals surface area contributed by atoms with Crippen LogP contribution in [0.1, 0.15) is 50.5 Å². The third-order valence-electron chi connectivity index (χ3n) is 4.38. The second-order valence-electron chi connectivity index (χ2n) is 7.70. The third kappa shape index (κ3) is 5.78. The lowest BCUT2D eigenvalue weighted by molar-refractivity contribution is -0.111. The maximum atomic E-state index is 12.8. The van der Waals surface area contributed by atoms with E-state index in [1.807, 2.05) is 20.8 Å². The average Bonchev–Trinajstić information content (AvgIpc) is 2.64. The van der Waals surface area contributed by atoms with Gasteiger partial charge in [-0.25, -0.2) is 0 Å². The van der Waals surface area contributed by atoms with Gasteiger partial charge in [-0.2, -0.15) is 0 Å². The molecule has 1 heterocycles. The van der Waals surface area contributed by atoms with E-state index < -0.39 is 6.04 Å².